The lowest BCUT2D eigenvalue weighted by atomic mass is 10.1. The number of aliphatic imine (C=N–C) groups is 1. The number of carbonyl (C=O) groups excluding carboxylic acids is 1. The first-order valence-electron chi connectivity index (χ1n) is 10.1. The van der Waals surface area contributed by atoms with E-state index in [1.54, 1.807) is 22.9 Å². The van der Waals surface area contributed by atoms with Crippen molar-refractivity contribution in [3.63, 3.8) is 0 Å². The number of aryl methyl sites for hydroxylation is 1. The van der Waals surface area contributed by atoms with E-state index in [2.05, 4.69) is 10.1 Å². The number of carbonyl (C=O) groups is 1. The summed E-state index contributed by atoms with van der Waals surface area (Å²) in [4.78, 5) is 16.9. The molecular weight excluding hydrogens is 405 g/mol. The highest BCUT2D eigenvalue weighted by molar-refractivity contribution is 6.13. The number of hydrogen-bond acceptors (Lipinski definition) is 4. The molecule has 0 saturated heterocycles. The predicted molar refractivity (Wildman–Crippen MR) is 121 cm³/mol. The molecule has 0 amide bonds. The second-order valence-electron chi connectivity index (χ2n) is 7.42. The molecule has 0 N–H and O–H groups in total. The van der Waals surface area contributed by atoms with Crippen LogP contribution in [0.4, 0.5) is 4.39 Å². The van der Waals surface area contributed by atoms with Gasteiger partial charge in [0, 0.05) is 22.9 Å². The number of para-hydroxylation sites is 1. The van der Waals surface area contributed by atoms with Crippen LogP contribution in [0, 0.1) is 12.7 Å². The van der Waals surface area contributed by atoms with E-state index < -0.39 is 5.97 Å². The number of esters is 1. The van der Waals surface area contributed by atoms with Gasteiger partial charge in [0.25, 0.3) is 0 Å². The van der Waals surface area contributed by atoms with E-state index in [9.17, 15) is 9.18 Å². The second-order valence-corrected chi connectivity index (χ2v) is 7.42. The third-order valence-electron chi connectivity index (χ3n) is 5.09. The van der Waals surface area contributed by atoms with Crippen LogP contribution in [0.15, 0.2) is 95.7 Å². The molecule has 0 aliphatic carbocycles. The van der Waals surface area contributed by atoms with E-state index in [0.29, 0.717) is 11.3 Å². The Hall–Kier alpha value is -4.32. The Balaban J connectivity index is 1.59. The van der Waals surface area contributed by atoms with Gasteiger partial charge in [0.2, 0.25) is 5.90 Å². The van der Waals surface area contributed by atoms with Gasteiger partial charge in [-0.05, 0) is 61.5 Å². The van der Waals surface area contributed by atoms with Crippen LogP contribution in [-0.2, 0) is 9.53 Å². The van der Waals surface area contributed by atoms with Gasteiger partial charge in [-0.2, -0.15) is 5.10 Å². The number of ether oxygens (including phenoxy) is 1. The Bertz CT molecular complexity index is 1350. The van der Waals surface area contributed by atoms with E-state index in [1.807, 2.05) is 67.7 Å². The molecule has 0 spiro atoms. The van der Waals surface area contributed by atoms with Crippen LogP contribution in [0.2, 0.25) is 0 Å². The summed E-state index contributed by atoms with van der Waals surface area (Å²) >= 11 is 0. The highest BCUT2D eigenvalue weighted by atomic mass is 19.1. The van der Waals surface area contributed by atoms with Crippen molar-refractivity contribution in [3.05, 3.63) is 113 Å². The third-order valence-corrected chi connectivity index (χ3v) is 5.09. The van der Waals surface area contributed by atoms with E-state index in [1.165, 1.54) is 12.1 Å². The number of benzene rings is 3. The molecule has 3 aromatic carbocycles. The molecule has 0 fully saturated rings. The Morgan fingerprint density at radius 1 is 0.906 bits per heavy atom. The van der Waals surface area contributed by atoms with E-state index in [0.717, 1.165) is 22.4 Å². The SMILES string of the molecule is Cc1ccc(C2=NC(=Cc3cn(-c4ccccc4)nc3-c3ccc(F)cc3)C(=O)O2)cc1. The molecule has 6 heteroatoms. The van der Waals surface area contributed by atoms with Gasteiger partial charge in [-0.15, -0.1) is 0 Å². The maximum atomic E-state index is 13.5. The lowest BCUT2D eigenvalue weighted by Gasteiger charge is -2.00. The van der Waals surface area contributed by atoms with Crippen LogP contribution in [0.3, 0.4) is 0 Å². The zero-order valence-corrected chi connectivity index (χ0v) is 17.2. The summed E-state index contributed by atoms with van der Waals surface area (Å²) in [7, 11) is 0. The molecule has 5 nitrogen and oxygen atoms in total. The molecular formula is C26H18FN3O2. The molecule has 1 aliphatic heterocycles. The van der Waals surface area contributed by atoms with Crippen molar-refractivity contribution >= 4 is 17.9 Å². The number of aromatic nitrogens is 2. The van der Waals surface area contributed by atoms with Gasteiger partial charge in [-0.1, -0.05) is 35.9 Å². The lowest BCUT2D eigenvalue weighted by Crippen LogP contribution is -2.05. The molecule has 0 unspecified atom stereocenters. The van der Waals surface area contributed by atoms with Gasteiger partial charge in [0.1, 0.15) is 11.5 Å². The minimum Gasteiger partial charge on any atom is -0.402 e. The average Bonchev–Trinajstić information content (AvgIpc) is 3.39. The van der Waals surface area contributed by atoms with Gasteiger partial charge < -0.3 is 4.74 Å². The Kier molecular flexibility index (Phi) is 4.95. The first kappa shape index (κ1) is 19.6. The normalized spacial score (nSPS) is 14.5. The Morgan fingerprint density at radius 3 is 2.31 bits per heavy atom. The highest BCUT2D eigenvalue weighted by Crippen LogP contribution is 2.28. The van der Waals surface area contributed by atoms with Crippen molar-refractivity contribution in [2.75, 3.05) is 0 Å². The number of rotatable bonds is 4. The summed E-state index contributed by atoms with van der Waals surface area (Å²) in [5, 5.41) is 4.68. The van der Waals surface area contributed by atoms with Crippen molar-refractivity contribution in [1.29, 1.82) is 0 Å². The van der Waals surface area contributed by atoms with Crippen molar-refractivity contribution < 1.29 is 13.9 Å². The van der Waals surface area contributed by atoms with Crippen LogP contribution in [-0.4, -0.2) is 21.6 Å². The molecule has 0 atom stereocenters. The van der Waals surface area contributed by atoms with E-state index in [4.69, 9.17) is 4.74 Å². The van der Waals surface area contributed by atoms with Gasteiger partial charge in [-0.3, -0.25) is 0 Å². The molecule has 156 valence electrons. The summed E-state index contributed by atoms with van der Waals surface area (Å²) in [6.07, 6.45) is 3.46. The Morgan fingerprint density at radius 2 is 1.59 bits per heavy atom. The summed E-state index contributed by atoms with van der Waals surface area (Å²) in [6.45, 7) is 1.99. The summed E-state index contributed by atoms with van der Waals surface area (Å²) in [6, 6.07) is 23.3. The average molecular weight is 423 g/mol. The molecule has 0 saturated carbocycles. The van der Waals surface area contributed by atoms with Gasteiger partial charge in [-0.25, -0.2) is 18.9 Å². The van der Waals surface area contributed by atoms with Crippen LogP contribution in [0.1, 0.15) is 16.7 Å². The summed E-state index contributed by atoms with van der Waals surface area (Å²) in [5.74, 6) is -0.596. The van der Waals surface area contributed by atoms with Crippen LogP contribution < -0.4 is 0 Å². The molecule has 4 aromatic rings. The fourth-order valence-electron chi connectivity index (χ4n) is 3.41. The standard InChI is InChI=1S/C26H18FN3O2/c1-17-7-9-19(10-8-17)25-28-23(26(31)32-25)15-20-16-30(22-5-3-2-4-6-22)29-24(20)18-11-13-21(27)14-12-18/h2-16H,1H3. The van der Waals surface area contributed by atoms with Crippen molar-refractivity contribution in [2.45, 2.75) is 6.92 Å². The first-order valence-corrected chi connectivity index (χ1v) is 10.1. The molecule has 1 aromatic heterocycles. The van der Waals surface area contributed by atoms with Crippen LogP contribution in [0.25, 0.3) is 23.0 Å². The number of halogens is 1. The van der Waals surface area contributed by atoms with Crippen molar-refractivity contribution in [2.24, 2.45) is 4.99 Å². The number of hydrogen-bond donors (Lipinski definition) is 0. The van der Waals surface area contributed by atoms with E-state index in [-0.39, 0.29) is 17.4 Å². The Labute approximate surface area is 184 Å². The fraction of sp³-hybridized carbons (Fsp3) is 0.0385. The van der Waals surface area contributed by atoms with Gasteiger partial charge in [0.15, 0.2) is 5.70 Å². The third kappa shape index (κ3) is 3.86. The van der Waals surface area contributed by atoms with Crippen LogP contribution in [0.5, 0.6) is 0 Å². The monoisotopic (exact) mass is 423 g/mol. The second kappa shape index (κ2) is 8.07. The smallest absolute Gasteiger partial charge is 0.363 e. The zero-order valence-electron chi connectivity index (χ0n) is 17.2. The number of cyclic esters (lactones) is 1. The fourth-order valence-corrected chi connectivity index (χ4v) is 3.41. The van der Waals surface area contributed by atoms with Crippen LogP contribution >= 0.6 is 0 Å². The first-order chi connectivity index (χ1) is 15.6. The van der Waals surface area contributed by atoms with Gasteiger partial charge >= 0.3 is 5.97 Å². The molecule has 0 radical (unpaired) electrons. The molecule has 32 heavy (non-hydrogen) atoms. The van der Waals surface area contributed by atoms with Crippen molar-refractivity contribution in [3.8, 4) is 16.9 Å². The number of nitrogens with zero attached hydrogens (tertiary/aromatic N) is 3. The quantitative estimate of drug-likeness (QED) is 0.329. The maximum absolute atomic E-state index is 13.5. The van der Waals surface area contributed by atoms with E-state index >= 15 is 0 Å². The minimum absolute atomic E-state index is 0.177. The van der Waals surface area contributed by atoms with Gasteiger partial charge in [0.05, 0.1) is 5.69 Å². The largest absolute Gasteiger partial charge is 0.402 e. The predicted octanol–water partition coefficient (Wildman–Crippen LogP) is 5.33. The molecule has 1 aliphatic rings. The van der Waals surface area contributed by atoms with Crippen molar-refractivity contribution in [1.82, 2.24) is 9.78 Å². The molecule has 2 heterocycles. The lowest BCUT2D eigenvalue weighted by molar-refractivity contribution is -0.129. The molecule has 0 bridgehead atoms. The minimum atomic E-state index is -0.530. The summed E-state index contributed by atoms with van der Waals surface area (Å²) < 4.78 is 20.6. The topological polar surface area (TPSA) is 56.5 Å². The summed E-state index contributed by atoms with van der Waals surface area (Å²) in [5.41, 5.74) is 4.86. The maximum Gasteiger partial charge on any atom is 0.363 e. The molecule has 5 rings (SSSR count). The zero-order chi connectivity index (χ0) is 22.1. The highest BCUT2D eigenvalue weighted by Gasteiger charge is 2.25.